The third kappa shape index (κ3) is 1.41. The lowest BCUT2D eigenvalue weighted by atomic mass is 10.1. The van der Waals surface area contributed by atoms with Crippen molar-refractivity contribution < 1.29 is 5.11 Å². The normalized spacial score (nSPS) is 18.2. The van der Waals surface area contributed by atoms with Gasteiger partial charge in [0.25, 0.3) is 0 Å². The molecule has 0 bridgehead atoms. The van der Waals surface area contributed by atoms with Crippen LogP contribution in [0.15, 0.2) is 18.5 Å². The van der Waals surface area contributed by atoms with Gasteiger partial charge in [0.2, 0.25) is 0 Å². The lowest BCUT2D eigenvalue weighted by molar-refractivity contribution is 0.150. The van der Waals surface area contributed by atoms with Crippen LogP contribution in [0.4, 0.5) is 0 Å². The van der Waals surface area contributed by atoms with E-state index >= 15 is 0 Å². The molecule has 2 aromatic rings. The van der Waals surface area contributed by atoms with Gasteiger partial charge in [-0.1, -0.05) is 13.8 Å². The predicted molar refractivity (Wildman–Crippen MR) is 60.2 cm³/mol. The quantitative estimate of drug-likeness (QED) is 0.835. The number of fused-ring (bicyclic) bond motifs is 1. The van der Waals surface area contributed by atoms with E-state index in [-0.39, 0.29) is 0 Å². The smallest absolute Gasteiger partial charge is 0.155 e. The molecule has 1 N–H and O–H groups in total. The van der Waals surface area contributed by atoms with Crippen LogP contribution in [0.1, 0.15) is 43.9 Å². The molecular formula is C12H15N3O. The van der Waals surface area contributed by atoms with Crippen molar-refractivity contribution in [2.45, 2.75) is 38.2 Å². The van der Waals surface area contributed by atoms with Crippen molar-refractivity contribution in [2.75, 3.05) is 0 Å². The van der Waals surface area contributed by atoms with E-state index in [4.69, 9.17) is 0 Å². The molecule has 0 aliphatic heterocycles. The van der Waals surface area contributed by atoms with Crippen LogP contribution in [0.5, 0.6) is 0 Å². The summed E-state index contributed by atoms with van der Waals surface area (Å²) in [6, 6.07) is 1.99. The third-order valence-electron chi connectivity index (χ3n) is 3.18. The van der Waals surface area contributed by atoms with Crippen molar-refractivity contribution in [3.8, 4) is 0 Å². The van der Waals surface area contributed by atoms with Crippen LogP contribution in [0.3, 0.4) is 0 Å². The van der Waals surface area contributed by atoms with E-state index in [1.165, 1.54) is 0 Å². The first kappa shape index (κ1) is 9.78. The number of nitrogens with zero attached hydrogens (tertiary/aromatic N) is 3. The van der Waals surface area contributed by atoms with Crippen LogP contribution in [0.25, 0.3) is 5.65 Å². The van der Waals surface area contributed by atoms with Gasteiger partial charge in [-0.3, -0.25) is 0 Å². The molecule has 1 aliphatic carbocycles. The molecule has 16 heavy (non-hydrogen) atoms. The maximum Gasteiger partial charge on any atom is 0.155 e. The maximum absolute atomic E-state index is 9.99. The second kappa shape index (κ2) is 3.04. The summed E-state index contributed by atoms with van der Waals surface area (Å²) in [5, 5.41) is 14.5. The zero-order chi connectivity index (χ0) is 11.3. The van der Waals surface area contributed by atoms with Gasteiger partial charge >= 0.3 is 0 Å². The lowest BCUT2D eigenvalue weighted by Crippen LogP contribution is -2.07. The largest absolute Gasteiger partial charge is 0.385 e. The summed E-state index contributed by atoms with van der Waals surface area (Å²) in [7, 11) is 0. The van der Waals surface area contributed by atoms with Gasteiger partial charge in [0.1, 0.15) is 0 Å². The Labute approximate surface area is 93.9 Å². The monoisotopic (exact) mass is 217 g/mol. The molecule has 84 valence electrons. The van der Waals surface area contributed by atoms with Crippen molar-refractivity contribution in [3.63, 3.8) is 0 Å². The van der Waals surface area contributed by atoms with E-state index in [2.05, 4.69) is 23.9 Å². The summed E-state index contributed by atoms with van der Waals surface area (Å²) in [6.45, 7) is 4.22. The topological polar surface area (TPSA) is 50.4 Å². The fourth-order valence-electron chi connectivity index (χ4n) is 1.82. The molecule has 0 aromatic carbocycles. The number of hydrogen-bond donors (Lipinski definition) is 1. The number of aliphatic hydroxyl groups is 1. The highest BCUT2D eigenvalue weighted by Gasteiger charge is 2.42. The van der Waals surface area contributed by atoms with Gasteiger partial charge in [0.15, 0.2) is 5.65 Å². The molecule has 2 heterocycles. The average Bonchev–Trinajstić information content (AvgIpc) is 2.86. The molecule has 0 spiro atoms. The van der Waals surface area contributed by atoms with Crippen LogP contribution in [0.2, 0.25) is 0 Å². The third-order valence-corrected chi connectivity index (χ3v) is 3.18. The van der Waals surface area contributed by atoms with Crippen LogP contribution in [0, 0.1) is 0 Å². The Morgan fingerprint density at radius 1 is 1.44 bits per heavy atom. The van der Waals surface area contributed by atoms with E-state index in [0.717, 1.165) is 29.7 Å². The summed E-state index contributed by atoms with van der Waals surface area (Å²) < 4.78 is 1.76. The minimum absolute atomic E-state index is 0.397. The van der Waals surface area contributed by atoms with Gasteiger partial charge in [-0.2, -0.15) is 5.10 Å². The van der Waals surface area contributed by atoms with Crippen molar-refractivity contribution in [1.29, 1.82) is 0 Å². The minimum Gasteiger partial charge on any atom is -0.385 e. The van der Waals surface area contributed by atoms with Crippen LogP contribution >= 0.6 is 0 Å². The van der Waals surface area contributed by atoms with Gasteiger partial charge in [0, 0.05) is 24.0 Å². The predicted octanol–water partition coefficient (Wildman–Crippen LogP) is 1.83. The van der Waals surface area contributed by atoms with Crippen molar-refractivity contribution in [2.24, 2.45) is 0 Å². The fraction of sp³-hybridized carbons (Fsp3) is 0.500. The molecule has 1 saturated carbocycles. The first-order valence-electron chi connectivity index (χ1n) is 5.67. The van der Waals surface area contributed by atoms with Gasteiger partial charge < -0.3 is 5.11 Å². The molecule has 1 fully saturated rings. The first-order valence-corrected chi connectivity index (χ1v) is 5.67. The second-order valence-electron chi connectivity index (χ2n) is 4.90. The second-order valence-corrected chi connectivity index (χ2v) is 4.90. The zero-order valence-corrected chi connectivity index (χ0v) is 9.51. The Morgan fingerprint density at radius 3 is 2.81 bits per heavy atom. The summed E-state index contributed by atoms with van der Waals surface area (Å²) in [5.41, 5.74) is 2.12. The molecule has 0 unspecified atom stereocenters. The SMILES string of the molecule is CC(C)c1cc2ncc(C3(O)CC3)cn2n1. The molecule has 0 atom stereocenters. The van der Waals surface area contributed by atoms with Crippen LogP contribution in [-0.2, 0) is 5.60 Å². The van der Waals surface area contributed by atoms with E-state index in [0.29, 0.717) is 5.92 Å². The summed E-state index contributed by atoms with van der Waals surface area (Å²) in [4.78, 5) is 4.33. The number of hydrogen-bond acceptors (Lipinski definition) is 3. The highest BCUT2D eigenvalue weighted by atomic mass is 16.3. The van der Waals surface area contributed by atoms with Crippen molar-refractivity contribution >= 4 is 5.65 Å². The Hall–Kier alpha value is -1.42. The maximum atomic E-state index is 9.99. The zero-order valence-electron chi connectivity index (χ0n) is 9.51. The molecule has 3 rings (SSSR count). The molecule has 4 heteroatoms. The van der Waals surface area contributed by atoms with Crippen LogP contribution < -0.4 is 0 Å². The molecule has 0 saturated heterocycles. The number of aromatic nitrogens is 3. The Balaban J connectivity index is 2.10. The van der Waals surface area contributed by atoms with Crippen molar-refractivity contribution in [3.05, 3.63) is 29.7 Å². The van der Waals surface area contributed by atoms with Gasteiger partial charge in [-0.05, 0) is 18.8 Å². The minimum atomic E-state index is -0.634. The Kier molecular flexibility index (Phi) is 1.86. The number of rotatable bonds is 2. The van der Waals surface area contributed by atoms with Gasteiger partial charge in [-0.15, -0.1) is 0 Å². The highest BCUT2D eigenvalue weighted by Crippen LogP contribution is 2.44. The van der Waals surface area contributed by atoms with E-state index in [1.54, 1.807) is 10.7 Å². The van der Waals surface area contributed by atoms with E-state index in [1.807, 2.05) is 12.3 Å². The van der Waals surface area contributed by atoms with Gasteiger partial charge in [0.05, 0.1) is 11.3 Å². The molecule has 2 aromatic heterocycles. The summed E-state index contributed by atoms with van der Waals surface area (Å²) in [5.74, 6) is 0.397. The first-order chi connectivity index (χ1) is 7.58. The summed E-state index contributed by atoms with van der Waals surface area (Å²) >= 11 is 0. The standard InChI is InChI=1S/C12H15N3O/c1-8(2)10-5-11-13-6-9(7-15(11)14-10)12(16)3-4-12/h5-8,16H,3-4H2,1-2H3. The Morgan fingerprint density at radius 2 is 2.19 bits per heavy atom. The van der Waals surface area contributed by atoms with E-state index < -0.39 is 5.60 Å². The van der Waals surface area contributed by atoms with Gasteiger partial charge in [-0.25, -0.2) is 9.50 Å². The summed E-state index contributed by atoms with van der Waals surface area (Å²) in [6.07, 6.45) is 5.31. The van der Waals surface area contributed by atoms with Crippen LogP contribution in [-0.4, -0.2) is 19.7 Å². The molecule has 4 nitrogen and oxygen atoms in total. The molecule has 0 radical (unpaired) electrons. The highest BCUT2D eigenvalue weighted by molar-refractivity contribution is 5.41. The average molecular weight is 217 g/mol. The Bertz CT molecular complexity index is 540. The molecule has 1 aliphatic rings. The molecule has 0 amide bonds. The molecular weight excluding hydrogens is 202 g/mol. The van der Waals surface area contributed by atoms with Crippen molar-refractivity contribution in [1.82, 2.24) is 14.6 Å². The lowest BCUT2D eigenvalue weighted by Gasteiger charge is -2.06. The van der Waals surface area contributed by atoms with E-state index in [9.17, 15) is 5.11 Å². The fourth-order valence-corrected chi connectivity index (χ4v) is 1.82.